The minimum Gasteiger partial charge on any atom is -0.386 e. The molecule has 2 aromatic heterocycles. The Kier molecular flexibility index (Phi) is 6.82. The van der Waals surface area contributed by atoms with Gasteiger partial charge in [-0.2, -0.15) is 0 Å². The molecule has 1 aromatic carbocycles. The fourth-order valence-electron chi connectivity index (χ4n) is 3.88. The number of hydrogen-bond donors (Lipinski definition) is 3. The molecule has 4 N–H and O–H groups in total. The lowest BCUT2D eigenvalue weighted by Crippen LogP contribution is -2.31. The summed E-state index contributed by atoms with van der Waals surface area (Å²) in [5.74, 6) is -2.25. The van der Waals surface area contributed by atoms with Gasteiger partial charge in [-0.05, 0) is 63.8 Å². The van der Waals surface area contributed by atoms with Gasteiger partial charge in [-0.3, -0.25) is 9.59 Å². The summed E-state index contributed by atoms with van der Waals surface area (Å²) in [7, 11) is 3.86. The van der Waals surface area contributed by atoms with E-state index < -0.39 is 23.1 Å². The Morgan fingerprint density at radius 3 is 2.50 bits per heavy atom. The summed E-state index contributed by atoms with van der Waals surface area (Å²) < 4.78 is 29.8. The molecule has 4 rings (SSSR count). The van der Waals surface area contributed by atoms with E-state index in [-0.39, 0.29) is 32.5 Å². The van der Waals surface area contributed by atoms with Gasteiger partial charge >= 0.3 is 0 Å². The van der Waals surface area contributed by atoms with Crippen LogP contribution in [-0.2, 0) is 12.1 Å². The third kappa shape index (κ3) is 5.08. The number of hydrogen-bond acceptors (Lipinski definition) is 7. The molecule has 0 aliphatic carbocycles. The topological polar surface area (TPSA) is 112 Å². The lowest BCUT2D eigenvalue weighted by Gasteiger charge is -2.18. The molecule has 0 saturated carbocycles. The van der Waals surface area contributed by atoms with E-state index in [0.717, 1.165) is 23.5 Å². The number of aliphatic hydroxyl groups is 1. The number of nitrogens with two attached hydrogens (primary N) is 1. The molecular weight excluding hydrogens is 488 g/mol. The first-order valence-corrected chi connectivity index (χ1v) is 12.0. The van der Waals surface area contributed by atoms with Gasteiger partial charge in [0.2, 0.25) is 0 Å². The van der Waals surface area contributed by atoms with Crippen LogP contribution in [0.25, 0.3) is 10.4 Å². The van der Waals surface area contributed by atoms with Gasteiger partial charge in [0.05, 0.1) is 34.5 Å². The summed E-state index contributed by atoms with van der Waals surface area (Å²) in [5.41, 5.74) is 5.02. The predicted molar refractivity (Wildman–Crippen MR) is 134 cm³/mol. The molecule has 8 nitrogen and oxygen atoms in total. The molecule has 0 radical (unpaired) electrons. The summed E-state index contributed by atoms with van der Waals surface area (Å²) in [6.45, 7) is 4.50. The quantitative estimate of drug-likeness (QED) is 0.422. The average Bonchev–Trinajstić information content (AvgIpc) is 3.32. The van der Waals surface area contributed by atoms with Crippen molar-refractivity contribution >= 4 is 34.0 Å². The molecule has 0 bridgehead atoms. The third-order valence-corrected chi connectivity index (χ3v) is 6.95. The fourth-order valence-corrected chi connectivity index (χ4v) is 5.00. The minimum absolute atomic E-state index is 0.0475. The van der Waals surface area contributed by atoms with Crippen molar-refractivity contribution < 1.29 is 23.5 Å². The van der Waals surface area contributed by atoms with E-state index in [9.17, 15) is 23.5 Å². The van der Waals surface area contributed by atoms with Crippen LogP contribution >= 0.6 is 11.3 Å². The number of benzene rings is 1. The van der Waals surface area contributed by atoms with Gasteiger partial charge in [0, 0.05) is 18.0 Å². The Morgan fingerprint density at radius 2 is 1.92 bits per heavy atom. The van der Waals surface area contributed by atoms with Crippen molar-refractivity contribution in [2.24, 2.45) is 5.73 Å². The molecule has 3 aromatic rings. The number of amides is 2. The second-order valence-electron chi connectivity index (χ2n) is 9.44. The average molecular weight is 516 g/mol. The summed E-state index contributed by atoms with van der Waals surface area (Å²) in [4.78, 5) is 33.1. The van der Waals surface area contributed by atoms with Crippen LogP contribution in [-0.4, -0.2) is 58.9 Å². The first-order valence-electron chi connectivity index (χ1n) is 11.2. The van der Waals surface area contributed by atoms with Crippen molar-refractivity contribution in [3.05, 3.63) is 64.4 Å². The maximum absolute atomic E-state index is 14.9. The zero-order valence-electron chi connectivity index (χ0n) is 20.4. The molecule has 0 atom stereocenters. The zero-order valence-corrected chi connectivity index (χ0v) is 21.2. The first-order chi connectivity index (χ1) is 16.8. The Balaban J connectivity index is 1.64. The maximum Gasteiger partial charge on any atom is 0.256 e. The predicted octanol–water partition coefficient (Wildman–Crippen LogP) is 3.68. The molecule has 11 heteroatoms. The van der Waals surface area contributed by atoms with Crippen LogP contribution < -0.4 is 11.1 Å². The van der Waals surface area contributed by atoms with Crippen molar-refractivity contribution in [2.75, 3.05) is 32.5 Å². The minimum atomic E-state index is -1.43. The number of likely N-dealkylation sites (N-methyl/N-ethyl adjacent to an activating group) is 1. The van der Waals surface area contributed by atoms with Crippen LogP contribution in [0.1, 0.15) is 45.8 Å². The Bertz CT molecular complexity index is 1330. The highest BCUT2D eigenvalue weighted by Crippen LogP contribution is 2.40. The first kappa shape index (κ1) is 25.7. The van der Waals surface area contributed by atoms with E-state index in [0.29, 0.717) is 36.7 Å². The zero-order chi connectivity index (χ0) is 26.4. The number of fused-ring (bicyclic) bond motifs is 1. The van der Waals surface area contributed by atoms with Crippen molar-refractivity contribution in [2.45, 2.75) is 26.0 Å². The number of nitrogens with zero attached hydrogens (tertiary/aromatic N) is 3. The number of primary amides is 1. The Morgan fingerprint density at radius 1 is 1.25 bits per heavy atom. The number of carbonyl (C=O) groups is 2. The summed E-state index contributed by atoms with van der Waals surface area (Å²) in [5, 5.41) is 13.4. The molecule has 0 fully saturated rings. The van der Waals surface area contributed by atoms with Crippen LogP contribution in [0, 0.1) is 11.6 Å². The summed E-state index contributed by atoms with van der Waals surface area (Å²) in [6.07, 6.45) is 0. The van der Waals surface area contributed by atoms with E-state index in [1.165, 1.54) is 19.9 Å². The van der Waals surface area contributed by atoms with Crippen molar-refractivity contribution in [1.82, 2.24) is 14.8 Å². The number of thiophene rings is 1. The fraction of sp³-hybridized carbons (Fsp3) is 0.320. The molecule has 3 heterocycles. The van der Waals surface area contributed by atoms with E-state index >= 15 is 0 Å². The highest BCUT2D eigenvalue weighted by molar-refractivity contribution is 7.20. The van der Waals surface area contributed by atoms with E-state index in [2.05, 4.69) is 10.3 Å². The monoisotopic (exact) mass is 515 g/mol. The Labute approximate surface area is 211 Å². The Hall–Kier alpha value is -3.41. The smallest absolute Gasteiger partial charge is 0.256 e. The standard InChI is InChI=1S/C25H27F2N5O3S/c1-25(2,35)13-9-16(26)21(17(27)10-13)19-11-15(22(28)33)23(36-19)30-20-6-5-14-18(29-20)12-32(24(14)34)8-7-31(3)4/h5-6,9-11,35H,7-8,12H2,1-4H3,(H2,28,33)(H,29,30). The molecule has 190 valence electrons. The molecule has 0 spiro atoms. The number of aromatic nitrogens is 1. The number of rotatable bonds is 8. The van der Waals surface area contributed by atoms with E-state index in [4.69, 9.17) is 5.73 Å². The van der Waals surface area contributed by atoms with Crippen LogP contribution in [0.4, 0.5) is 19.6 Å². The number of pyridine rings is 1. The van der Waals surface area contributed by atoms with Gasteiger partial charge in [0.25, 0.3) is 11.8 Å². The van der Waals surface area contributed by atoms with Crippen molar-refractivity contribution in [1.29, 1.82) is 0 Å². The number of nitrogens with one attached hydrogen (secondary N) is 1. The van der Waals surface area contributed by atoms with Gasteiger partial charge in [-0.1, -0.05) is 0 Å². The lowest BCUT2D eigenvalue weighted by molar-refractivity contribution is 0.0765. The highest BCUT2D eigenvalue weighted by atomic mass is 32.1. The van der Waals surface area contributed by atoms with Crippen LogP contribution in [0.2, 0.25) is 0 Å². The van der Waals surface area contributed by atoms with Gasteiger partial charge in [0.1, 0.15) is 22.5 Å². The molecular formula is C25H27F2N5O3S. The SMILES string of the molecule is CN(C)CCN1Cc2nc(Nc3sc(-c4c(F)cc(C(C)(C)O)cc4F)cc3C(N)=O)ccc2C1=O. The third-order valence-electron chi connectivity index (χ3n) is 5.88. The van der Waals surface area contributed by atoms with Crippen molar-refractivity contribution in [3.8, 4) is 10.4 Å². The van der Waals surface area contributed by atoms with Crippen molar-refractivity contribution in [3.63, 3.8) is 0 Å². The normalized spacial score (nSPS) is 13.4. The molecule has 36 heavy (non-hydrogen) atoms. The molecule has 0 unspecified atom stereocenters. The molecule has 2 amide bonds. The largest absolute Gasteiger partial charge is 0.386 e. The van der Waals surface area contributed by atoms with Gasteiger partial charge in [-0.15, -0.1) is 11.3 Å². The molecule has 1 aliphatic rings. The van der Waals surface area contributed by atoms with E-state index in [1.807, 2.05) is 19.0 Å². The summed E-state index contributed by atoms with van der Waals surface area (Å²) in [6, 6.07) is 6.72. The molecule has 0 saturated heterocycles. The number of anilines is 2. The summed E-state index contributed by atoms with van der Waals surface area (Å²) >= 11 is 0.946. The number of halogens is 2. The highest BCUT2D eigenvalue weighted by Gasteiger charge is 2.29. The van der Waals surface area contributed by atoms with Gasteiger partial charge in [0.15, 0.2) is 0 Å². The molecule has 1 aliphatic heterocycles. The second-order valence-corrected chi connectivity index (χ2v) is 10.5. The van der Waals surface area contributed by atoms with Gasteiger partial charge in [-0.25, -0.2) is 13.8 Å². The lowest BCUT2D eigenvalue weighted by atomic mass is 9.96. The van der Waals surface area contributed by atoms with E-state index in [1.54, 1.807) is 17.0 Å². The maximum atomic E-state index is 14.9. The second kappa shape index (κ2) is 9.57. The number of carbonyl (C=O) groups excluding carboxylic acids is 2. The van der Waals surface area contributed by atoms with Crippen LogP contribution in [0.15, 0.2) is 30.3 Å². The van der Waals surface area contributed by atoms with Gasteiger partial charge < -0.3 is 26.0 Å². The van der Waals surface area contributed by atoms with Crippen LogP contribution in [0.5, 0.6) is 0 Å². The van der Waals surface area contributed by atoms with Crippen LogP contribution in [0.3, 0.4) is 0 Å².